The van der Waals surface area contributed by atoms with Crippen molar-refractivity contribution >= 4 is 11.8 Å². The van der Waals surface area contributed by atoms with Crippen molar-refractivity contribution in [2.45, 2.75) is 29.1 Å². The van der Waals surface area contributed by atoms with Gasteiger partial charge in [-0.2, -0.15) is 13.2 Å². The minimum atomic E-state index is -4.43. The van der Waals surface area contributed by atoms with Gasteiger partial charge in [0.15, 0.2) is 0 Å². The highest BCUT2D eigenvalue weighted by Crippen LogP contribution is 2.34. The number of benzene rings is 1. The van der Waals surface area contributed by atoms with Gasteiger partial charge in [-0.1, -0.05) is 11.8 Å². The van der Waals surface area contributed by atoms with E-state index in [4.69, 9.17) is 0 Å². The van der Waals surface area contributed by atoms with Crippen molar-refractivity contribution in [3.63, 3.8) is 0 Å². The van der Waals surface area contributed by atoms with Crippen LogP contribution < -0.4 is 0 Å². The third kappa shape index (κ3) is 3.95. The van der Waals surface area contributed by atoms with Crippen LogP contribution in [-0.2, 0) is 6.18 Å². The zero-order chi connectivity index (χ0) is 15.6. The Kier molecular flexibility index (Phi) is 4.53. The number of rotatable bonds is 3. The van der Waals surface area contributed by atoms with E-state index in [1.807, 2.05) is 0 Å². The summed E-state index contributed by atoms with van der Waals surface area (Å²) >= 11 is 1.07. The molecule has 1 N–H and O–H groups in total. The molecule has 0 fully saturated rings. The quantitative estimate of drug-likeness (QED) is 0.849. The predicted octanol–water partition coefficient (Wildman–Crippen LogP) is 4.44. The summed E-state index contributed by atoms with van der Waals surface area (Å²) in [6.07, 6.45) is -4.58. The Morgan fingerprint density at radius 1 is 1.19 bits per heavy atom. The average Bonchev–Trinajstić information content (AvgIpc) is 2.40. The van der Waals surface area contributed by atoms with Crippen molar-refractivity contribution in [2.24, 2.45) is 0 Å². The molecule has 0 unspecified atom stereocenters. The summed E-state index contributed by atoms with van der Waals surface area (Å²) in [7, 11) is 0. The highest BCUT2D eigenvalue weighted by molar-refractivity contribution is 7.99. The molecule has 0 radical (unpaired) electrons. The molecule has 2 rings (SSSR count). The average molecular weight is 317 g/mol. The third-order valence-corrected chi connectivity index (χ3v) is 3.74. The van der Waals surface area contributed by atoms with E-state index in [0.717, 1.165) is 24.0 Å². The lowest BCUT2D eigenvalue weighted by atomic mass is 10.1. The van der Waals surface area contributed by atoms with Gasteiger partial charge in [-0.15, -0.1) is 0 Å². The number of halogens is 4. The van der Waals surface area contributed by atoms with Gasteiger partial charge in [0.25, 0.3) is 0 Å². The molecular formula is C14H11F4NOS. The second-order valence-electron chi connectivity index (χ2n) is 4.34. The first-order valence-electron chi connectivity index (χ1n) is 5.96. The van der Waals surface area contributed by atoms with Crippen LogP contribution in [0.1, 0.15) is 24.2 Å². The molecule has 0 aliphatic heterocycles. The van der Waals surface area contributed by atoms with Crippen LogP contribution in [0.4, 0.5) is 17.6 Å². The molecule has 1 heterocycles. The zero-order valence-electron chi connectivity index (χ0n) is 10.9. The van der Waals surface area contributed by atoms with Crippen LogP contribution in [0.5, 0.6) is 0 Å². The lowest BCUT2D eigenvalue weighted by Gasteiger charge is -2.12. The number of nitrogens with zero attached hydrogens (tertiary/aromatic N) is 1. The van der Waals surface area contributed by atoms with Gasteiger partial charge in [-0.3, -0.25) is 0 Å². The molecule has 2 aromatic rings. The summed E-state index contributed by atoms with van der Waals surface area (Å²) in [6.45, 7) is 1.49. The van der Waals surface area contributed by atoms with Gasteiger partial charge in [-0.25, -0.2) is 9.37 Å². The van der Waals surface area contributed by atoms with Gasteiger partial charge in [0.05, 0.1) is 11.7 Å². The molecular weight excluding hydrogens is 306 g/mol. The lowest BCUT2D eigenvalue weighted by molar-refractivity contribution is -0.137. The first-order chi connectivity index (χ1) is 9.77. The fourth-order valence-corrected chi connectivity index (χ4v) is 2.61. The Morgan fingerprint density at radius 2 is 1.90 bits per heavy atom. The van der Waals surface area contributed by atoms with Crippen LogP contribution in [0, 0.1) is 5.82 Å². The zero-order valence-corrected chi connectivity index (χ0v) is 11.7. The van der Waals surface area contributed by atoms with Crippen LogP contribution in [0.15, 0.2) is 46.5 Å². The van der Waals surface area contributed by atoms with Crippen LogP contribution >= 0.6 is 11.8 Å². The minimum absolute atomic E-state index is 0.330. The van der Waals surface area contributed by atoms with E-state index in [1.54, 1.807) is 0 Å². The minimum Gasteiger partial charge on any atom is -0.389 e. The molecule has 0 spiro atoms. The van der Waals surface area contributed by atoms with E-state index in [2.05, 4.69) is 4.98 Å². The highest BCUT2D eigenvalue weighted by Gasteiger charge is 2.30. The maximum atomic E-state index is 13.2. The van der Waals surface area contributed by atoms with Gasteiger partial charge < -0.3 is 5.11 Å². The first-order valence-corrected chi connectivity index (χ1v) is 6.77. The standard InChI is InChI=1S/C14H11F4NOS/c1-8(20)11-6-10(15)3-4-12(11)21-13-5-2-9(7-19-13)14(16,17)18/h2-8,20H,1H3/t8-/m1/s1. The predicted molar refractivity (Wildman–Crippen MR) is 70.4 cm³/mol. The van der Waals surface area contributed by atoms with E-state index < -0.39 is 23.7 Å². The molecule has 21 heavy (non-hydrogen) atoms. The fraction of sp³-hybridized carbons (Fsp3) is 0.214. The van der Waals surface area contributed by atoms with E-state index in [0.29, 0.717) is 15.5 Å². The highest BCUT2D eigenvalue weighted by atomic mass is 32.2. The van der Waals surface area contributed by atoms with Crippen molar-refractivity contribution in [1.29, 1.82) is 0 Å². The third-order valence-electron chi connectivity index (χ3n) is 2.70. The Bertz CT molecular complexity index is 626. The summed E-state index contributed by atoms with van der Waals surface area (Å²) in [4.78, 5) is 4.27. The van der Waals surface area contributed by atoms with Gasteiger partial charge in [0, 0.05) is 11.1 Å². The topological polar surface area (TPSA) is 33.1 Å². The number of aliphatic hydroxyl groups excluding tert-OH is 1. The second kappa shape index (κ2) is 6.03. The van der Waals surface area contributed by atoms with E-state index in [1.165, 1.54) is 31.2 Å². The normalized spacial score (nSPS) is 13.2. The monoisotopic (exact) mass is 317 g/mol. The van der Waals surface area contributed by atoms with Crippen molar-refractivity contribution in [2.75, 3.05) is 0 Å². The van der Waals surface area contributed by atoms with Crippen molar-refractivity contribution < 1.29 is 22.7 Å². The van der Waals surface area contributed by atoms with Gasteiger partial charge in [0.2, 0.25) is 0 Å². The summed E-state index contributed by atoms with van der Waals surface area (Å²) in [5.41, 5.74) is -0.469. The first kappa shape index (κ1) is 15.8. The van der Waals surface area contributed by atoms with E-state index in [-0.39, 0.29) is 0 Å². The Hall–Kier alpha value is -1.60. The number of alkyl halides is 3. The molecule has 0 aliphatic rings. The molecule has 0 saturated carbocycles. The largest absolute Gasteiger partial charge is 0.417 e. The Balaban J connectivity index is 2.26. The second-order valence-corrected chi connectivity index (χ2v) is 5.41. The van der Waals surface area contributed by atoms with Crippen molar-refractivity contribution in [3.8, 4) is 0 Å². The molecule has 0 aliphatic carbocycles. The Labute approximate surface area is 122 Å². The summed E-state index contributed by atoms with van der Waals surface area (Å²) in [5, 5.41) is 9.94. The van der Waals surface area contributed by atoms with E-state index >= 15 is 0 Å². The van der Waals surface area contributed by atoms with Crippen molar-refractivity contribution in [1.82, 2.24) is 4.98 Å². The molecule has 1 aromatic heterocycles. The maximum absolute atomic E-state index is 13.2. The van der Waals surface area contributed by atoms with Crippen molar-refractivity contribution in [3.05, 3.63) is 53.5 Å². The number of hydrogen-bond donors (Lipinski definition) is 1. The van der Waals surface area contributed by atoms with Crippen LogP contribution in [0.3, 0.4) is 0 Å². The van der Waals surface area contributed by atoms with Crippen LogP contribution in [0.25, 0.3) is 0 Å². The molecule has 0 saturated heterocycles. The molecule has 0 amide bonds. The molecule has 1 atom stereocenters. The van der Waals surface area contributed by atoms with Gasteiger partial charge in [-0.05, 0) is 42.8 Å². The molecule has 0 bridgehead atoms. The SMILES string of the molecule is C[C@@H](O)c1cc(F)ccc1Sc1ccc(C(F)(F)F)cn1. The summed E-state index contributed by atoms with van der Waals surface area (Å²) in [6, 6.07) is 6.04. The van der Waals surface area contributed by atoms with E-state index in [9.17, 15) is 22.7 Å². The van der Waals surface area contributed by atoms with Gasteiger partial charge in [0.1, 0.15) is 10.8 Å². The molecule has 112 valence electrons. The number of aliphatic hydroxyl groups is 1. The lowest BCUT2D eigenvalue weighted by Crippen LogP contribution is -2.05. The molecule has 1 aromatic carbocycles. The number of pyridine rings is 1. The number of aromatic nitrogens is 1. The van der Waals surface area contributed by atoms with Gasteiger partial charge >= 0.3 is 6.18 Å². The Morgan fingerprint density at radius 3 is 2.43 bits per heavy atom. The molecule has 2 nitrogen and oxygen atoms in total. The summed E-state index contributed by atoms with van der Waals surface area (Å²) < 4.78 is 50.5. The molecule has 7 heteroatoms. The van der Waals surface area contributed by atoms with Crippen LogP contribution in [-0.4, -0.2) is 10.1 Å². The smallest absolute Gasteiger partial charge is 0.389 e. The number of hydrogen-bond acceptors (Lipinski definition) is 3. The van der Waals surface area contributed by atoms with Crippen LogP contribution in [0.2, 0.25) is 0 Å². The fourth-order valence-electron chi connectivity index (χ4n) is 1.66. The maximum Gasteiger partial charge on any atom is 0.417 e. The summed E-state index contributed by atoms with van der Waals surface area (Å²) in [5.74, 6) is -0.490.